The van der Waals surface area contributed by atoms with Crippen LogP contribution < -0.4 is 15.8 Å². The minimum atomic E-state index is -0.663. The van der Waals surface area contributed by atoms with Crippen LogP contribution in [0.3, 0.4) is 0 Å². The summed E-state index contributed by atoms with van der Waals surface area (Å²) in [7, 11) is 0. The Balaban J connectivity index is 1.20. The van der Waals surface area contributed by atoms with Gasteiger partial charge in [0.15, 0.2) is 6.23 Å². The van der Waals surface area contributed by atoms with E-state index in [-0.39, 0.29) is 17.6 Å². The number of nitrogens with two attached hydrogens (primary N) is 1. The molecule has 8 heteroatoms. The summed E-state index contributed by atoms with van der Waals surface area (Å²) in [6.45, 7) is 2.01. The minimum Gasteiger partial charge on any atom is -0.464 e. The van der Waals surface area contributed by atoms with Crippen LogP contribution in [0.25, 0.3) is 0 Å². The second-order valence-electron chi connectivity index (χ2n) is 8.15. The Hall–Kier alpha value is -3.13. The molecule has 3 aliphatic rings. The topological polar surface area (TPSA) is 87.9 Å². The second-order valence-corrected chi connectivity index (χ2v) is 8.15. The molecule has 1 unspecified atom stereocenters. The molecule has 1 aliphatic carbocycles. The average Bonchev–Trinajstić information content (AvgIpc) is 3.38. The molecule has 0 bridgehead atoms. The molecule has 7 nitrogen and oxygen atoms in total. The monoisotopic (exact) mass is 410 g/mol. The van der Waals surface area contributed by atoms with Crippen LogP contribution in [0.1, 0.15) is 35.0 Å². The summed E-state index contributed by atoms with van der Waals surface area (Å²) in [6.07, 6.45) is 1.07. The number of anilines is 1. The van der Waals surface area contributed by atoms with E-state index in [2.05, 4.69) is 5.32 Å². The molecule has 2 fully saturated rings. The van der Waals surface area contributed by atoms with E-state index in [1.807, 2.05) is 12.1 Å². The normalized spacial score (nSPS) is 21.5. The number of hydrogen-bond acceptors (Lipinski definition) is 5. The van der Waals surface area contributed by atoms with E-state index in [0.29, 0.717) is 37.5 Å². The molecule has 2 aromatic carbocycles. The number of rotatable bonds is 3. The molecule has 5 rings (SSSR count). The zero-order valence-electron chi connectivity index (χ0n) is 16.4. The van der Waals surface area contributed by atoms with Crippen LogP contribution in [0, 0.1) is 5.82 Å². The molecule has 3 N–H and O–H groups in total. The van der Waals surface area contributed by atoms with E-state index in [1.54, 1.807) is 28.0 Å². The molecular formula is C22H23FN4O3. The van der Waals surface area contributed by atoms with Gasteiger partial charge in [0.05, 0.1) is 11.2 Å². The Morgan fingerprint density at radius 3 is 2.37 bits per heavy atom. The van der Waals surface area contributed by atoms with E-state index in [1.165, 1.54) is 12.1 Å². The number of amides is 2. The number of benzene rings is 2. The summed E-state index contributed by atoms with van der Waals surface area (Å²) in [4.78, 5) is 28.7. The zero-order valence-corrected chi connectivity index (χ0v) is 16.4. The summed E-state index contributed by atoms with van der Waals surface area (Å²) < 4.78 is 19.1. The van der Waals surface area contributed by atoms with Gasteiger partial charge in [-0.3, -0.25) is 9.59 Å². The maximum Gasteiger partial charge on any atom is 0.253 e. The number of nitrogens with one attached hydrogen (secondary N) is 1. The van der Waals surface area contributed by atoms with Crippen molar-refractivity contribution in [3.8, 4) is 5.75 Å². The van der Waals surface area contributed by atoms with Crippen molar-refractivity contribution >= 4 is 17.5 Å². The van der Waals surface area contributed by atoms with E-state index in [9.17, 15) is 14.0 Å². The van der Waals surface area contributed by atoms with Gasteiger partial charge in [-0.05, 0) is 37.1 Å². The lowest BCUT2D eigenvalue weighted by atomic mass is 10.1. The highest BCUT2D eigenvalue weighted by Gasteiger charge is 2.48. The Morgan fingerprint density at radius 1 is 1.03 bits per heavy atom. The van der Waals surface area contributed by atoms with Crippen molar-refractivity contribution < 1.29 is 18.7 Å². The molecule has 2 aliphatic heterocycles. The summed E-state index contributed by atoms with van der Waals surface area (Å²) in [6, 6.07) is 11.6. The van der Waals surface area contributed by atoms with Gasteiger partial charge in [0.2, 0.25) is 5.91 Å². The van der Waals surface area contributed by atoms with Crippen molar-refractivity contribution in [2.75, 3.05) is 31.5 Å². The van der Waals surface area contributed by atoms with Gasteiger partial charge in [-0.2, -0.15) is 0 Å². The maximum absolute atomic E-state index is 13.4. The number of piperazine rings is 1. The fourth-order valence-corrected chi connectivity index (χ4v) is 3.92. The highest BCUT2D eigenvalue weighted by molar-refractivity contribution is 5.94. The number of ether oxygens (including phenoxy) is 1. The van der Waals surface area contributed by atoms with Crippen molar-refractivity contribution in [2.24, 2.45) is 5.73 Å². The van der Waals surface area contributed by atoms with E-state index in [4.69, 9.17) is 10.5 Å². The predicted octanol–water partition coefficient (Wildman–Crippen LogP) is 2.10. The van der Waals surface area contributed by atoms with Gasteiger partial charge in [0.25, 0.3) is 5.91 Å². The van der Waals surface area contributed by atoms with Crippen molar-refractivity contribution in [3.05, 3.63) is 59.4 Å². The number of carbonyl (C=O) groups is 2. The molecule has 0 spiro atoms. The van der Waals surface area contributed by atoms with Gasteiger partial charge < -0.3 is 25.6 Å². The van der Waals surface area contributed by atoms with Crippen LogP contribution in [0.4, 0.5) is 10.1 Å². The first-order chi connectivity index (χ1) is 14.4. The Morgan fingerprint density at radius 2 is 1.70 bits per heavy atom. The van der Waals surface area contributed by atoms with Crippen LogP contribution in [0.5, 0.6) is 5.75 Å². The lowest BCUT2D eigenvalue weighted by molar-refractivity contribution is -0.135. The largest absolute Gasteiger partial charge is 0.464 e. The van der Waals surface area contributed by atoms with E-state index in [0.717, 1.165) is 24.1 Å². The van der Waals surface area contributed by atoms with E-state index < -0.39 is 11.8 Å². The van der Waals surface area contributed by atoms with Gasteiger partial charge in [-0.1, -0.05) is 12.1 Å². The average molecular weight is 410 g/mol. The molecule has 156 valence electrons. The zero-order chi connectivity index (χ0) is 20.9. The van der Waals surface area contributed by atoms with Crippen LogP contribution in [0.2, 0.25) is 0 Å². The Labute approximate surface area is 173 Å². The third-order valence-electron chi connectivity index (χ3n) is 6.00. The van der Waals surface area contributed by atoms with Crippen LogP contribution in [0.15, 0.2) is 42.5 Å². The van der Waals surface area contributed by atoms with Crippen molar-refractivity contribution in [2.45, 2.75) is 24.6 Å². The molecule has 2 aromatic rings. The number of carbonyl (C=O) groups excluding carboxylic acids is 2. The molecule has 2 amide bonds. The standard InChI is InChI=1S/C22H23FN4O3/c23-16-5-6-17-18(13-16)30-19(25-17)14-1-3-15(4-2-14)20(28)26-9-11-27(12-10-26)21(29)22(24)7-8-22/h1-6,13,19,25H,7-12,24H2. The first-order valence-electron chi connectivity index (χ1n) is 10.1. The van der Waals surface area contributed by atoms with Crippen LogP contribution >= 0.6 is 0 Å². The highest BCUT2D eigenvalue weighted by atomic mass is 19.1. The molecule has 2 heterocycles. The molecule has 1 saturated heterocycles. The Bertz CT molecular complexity index is 998. The van der Waals surface area contributed by atoms with Gasteiger partial charge >= 0.3 is 0 Å². The summed E-state index contributed by atoms with van der Waals surface area (Å²) >= 11 is 0. The van der Waals surface area contributed by atoms with E-state index >= 15 is 0 Å². The Kier molecular flexibility index (Phi) is 4.39. The molecular weight excluding hydrogens is 387 g/mol. The minimum absolute atomic E-state index is 0.00360. The lowest BCUT2D eigenvalue weighted by Crippen LogP contribution is -2.55. The van der Waals surface area contributed by atoms with Crippen molar-refractivity contribution in [1.82, 2.24) is 9.80 Å². The first kappa shape index (κ1) is 18.9. The summed E-state index contributed by atoms with van der Waals surface area (Å²) in [5, 5.41) is 3.19. The highest BCUT2D eigenvalue weighted by Crippen LogP contribution is 2.38. The van der Waals surface area contributed by atoms with Crippen molar-refractivity contribution in [1.29, 1.82) is 0 Å². The summed E-state index contributed by atoms with van der Waals surface area (Å²) in [5.74, 6) is 0.0628. The quantitative estimate of drug-likeness (QED) is 0.809. The fraction of sp³-hybridized carbons (Fsp3) is 0.364. The van der Waals surface area contributed by atoms with Gasteiger partial charge in [-0.15, -0.1) is 0 Å². The number of hydrogen-bond donors (Lipinski definition) is 2. The fourth-order valence-electron chi connectivity index (χ4n) is 3.92. The van der Waals surface area contributed by atoms with Gasteiger partial charge in [0.1, 0.15) is 11.6 Å². The molecule has 1 saturated carbocycles. The maximum atomic E-state index is 13.4. The second kappa shape index (κ2) is 6.98. The number of nitrogens with zero attached hydrogens (tertiary/aromatic N) is 2. The molecule has 1 atom stereocenters. The molecule has 0 radical (unpaired) electrons. The lowest BCUT2D eigenvalue weighted by Gasteiger charge is -2.36. The molecule has 0 aromatic heterocycles. The van der Waals surface area contributed by atoms with Crippen LogP contribution in [-0.2, 0) is 4.79 Å². The third kappa shape index (κ3) is 3.37. The third-order valence-corrected chi connectivity index (χ3v) is 6.00. The predicted molar refractivity (Wildman–Crippen MR) is 108 cm³/mol. The smallest absolute Gasteiger partial charge is 0.253 e. The van der Waals surface area contributed by atoms with Crippen LogP contribution in [-0.4, -0.2) is 53.3 Å². The molecule has 30 heavy (non-hydrogen) atoms. The number of halogens is 1. The SMILES string of the molecule is NC1(C(=O)N2CCN(C(=O)c3ccc(C4Nc5ccc(F)cc5O4)cc3)CC2)CC1. The summed E-state index contributed by atoms with van der Waals surface area (Å²) in [5.41, 5.74) is 7.50. The van der Waals surface area contributed by atoms with Crippen molar-refractivity contribution in [3.63, 3.8) is 0 Å². The van der Waals surface area contributed by atoms with Gasteiger partial charge in [0, 0.05) is 43.4 Å². The number of fused-ring (bicyclic) bond motifs is 1. The van der Waals surface area contributed by atoms with Gasteiger partial charge in [-0.25, -0.2) is 4.39 Å². The first-order valence-corrected chi connectivity index (χ1v) is 10.1.